The molecule has 0 fully saturated rings. The average Bonchev–Trinajstić information content (AvgIpc) is 3.18. The molecule has 22 heavy (non-hydrogen) atoms. The number of carbonyl (C=O) groups excluding carboxylic acids is 1. The largest absolute Gasteiger partial charge is 0.401 e. The van der Waals surface area contributed by atoms with E-state index < -0.39 is 0 Å². The highest BCUT2D eigenvalue weighted by Gasteiger charge is 2.14. The molecule has 0 saturated heterocycles. The van der Waals surface area contributed by atoms with Crippen LogP contribution in [0.2, 0.25) is 0 Å². The number of aromatic nitrogens is 4. The van der Waals surface area contributed by atoms with Gasteiger partial charge in [0.25, 0.3) is 11.8 Å². The first-order valence-electron chi connectivity index (χ1n) is 6.49. The number of nitrogens with zero attached hydrogens (tertiary/aromatic N) is 4. The first kappa shape index (κ1) is 14.2. The van der Waals surface area contributed by atoms with E-state index in [1.165, 1.54) is 6.08 Å². The Hall–Kier alpha value is -2.74. The Labute approximate surface area is 130 Å². The fourth-order valence-electron chi connectivity index (χ4n) is 1.88. The Bertz CT molecular complexity index is 816. The predicted octanol–water partition coefficient (Wildman–Crippen LogP) is 2.49. The number of aryl methyl sites for hydroxylation is 2. The van der Waals surface area contributed by atoms with Gasteiger partial charge in [-0.15, -0.1) is 16.4 Å². The van der Waals surface area contributed by atoms with Gasteiger partial charge in [-0.1, -0.05) is 11.2 Å². The van der Waals surface area contributed by atoms with Gasteiger partial charge in [0, 0.05) is 18.0 Å². The molecule has 0 atom stereocenters. The number of hydrogen-bond acceptors (Lipinski definition) is 6. The minimum Gasteiger partial charge on any atom is -0.401 e. The molecule has 0 aliphatic heterocycles. The van der Waals surface area contributed by atoms with Gasteiger partial charge < -0.3 is 4.42 Å². The lowest BCUT2D eigenvalue weighted by Crippen LogP contribution is -2.07. The molecule has 7 nitrogen and oxygen atoms in total. The lowest BCUT2D eigenvalue weighted by Gasteiger charge is -1.95. The first-order chi connectivity index (χ1) is 10.6. The molecular weight excluding hydrogens is 302 g/mol. The summed E-state index contributed by atoms with van der Waals surface area (Å²) >= 11 is 1.55. The van der Waals surface area contributed by atoms with Crippen LogP contribution in [0, 0.1) is 6.92 Å². The van der Waals surface area contributed by atoms with E-state index >= 15 is 0 Å². The Kier molecular flexibility index (Phi) is 3.84. The number of hydrogen-bond donors (Lipinski definition) is 1. The molecule has 3 aromatic rings. The highest BCUT2D eigenvalue weighted by atomic mass is 32.1. The molecule has 0 aliphatic rings. The molecule has 1 amide bonds. The monoisotopic (exact) mass is 315 g/mol. The van der Waals surface area contributed by atoms with E-state index in [9.17, 15) is 4.79 Å². The van der Waals surface area contributed by atoms with Crippen molar-refractivity contribution >= 4 is 29.3 Å². The maximum atomic E-state index is 11.8. The van der Waals surface area contributed by atoms with Crippen LogP contribution in [0.25, 0.3) is 17.7 Å². The molecule has 0 spiro atoms. The van der Waals surface area contributed by atoms with Crippen molar-refractivity contribution in [1.29, 1.82) is 0 Å². The van der Waals surface area contributed by atoms with Crippen molar-refractivity contribution in [3.63, 3.8) is 0 Å². The van der Waals surface area contributed by atoms with E-state index in [-0.39, 0.29) is 11.9 Å². The Morgan fingerprint density at radius 1 is 1.45 bits per heavy atom. The molecule has 3 rings (SSSR count). The van der Waals surface area contributed by atoms with E-state index in [1.54, 1.807) is 29.1 Å². The van der Waals surface area contributed by atoms with Gasteiger partial charge in [0.2, 0.25) is 0 Å². The highest BCUT2D eigenvalue weighted by Crippen LogP contribution is 2.20. The van der Waals surface area contributed by atoms with Gasteiger partial charge in [-0.05, 0) is 30.5 Å². The zero-order valence-electron chi connectivity index (χ0n) is 12.0. The van der Waals surface area contributed by atoms with Crippen LogP contribution in [0.1, 0.15) is 10.6 Å². The summed E-state index contributed by atoms with van der Waals surface area (Å²) in [7, 11) is 1.79. The van der Waals surface area contributed by atoms with Gasteiger partial charge >= 0.3 is 6.01 Å². The van der Waals surface area contributed by atoms with Crippen LogP contribution < -0.4 is 5.32 Å². The van der Waals surface area contributed by atoms with Gasteiger partial charge in [-0.3, -0.25) is 14.8 Å². The molecule has 112 valence electrons. The van der Waals surface area contributed by atoms with E-state index in [1.807, 2.05) is 30.5 Å². The number of carbonyl (C=O) groups is 1. The number of anilines is 1. The lowest BCUT2D eigenvalue weighted by atomic mass is 10.4. The summed E-state index contributed by atoms with van der Waals surface area (Å²) in [6.45, 7) is 1.87. The van der Waals surface area contributed by atoms with Gasteiger partial charge in [0.1, 0.15) is 5.69 Å². The average molecular weight is 315 g/mol. The third-order valence-corrected chi connectivity index (χ3v) is 3.66. The molecule has 0 bridgehead atoms. The van der Waals surface area contributed by atoms with Crippen molar-refractivity contribution in [1.82, 2.24) is 20.0 Å². The Morgan fingerprint density at radius 3 is 3.00 bits per heavy atom. The molecule has 0 radical (unpaired) electrons. The number of amides is 1. The van der Waals surface area contributed by atoms with Crippen LogP contribution in [0.15, 0.2) is 34.1 Å². The highest BCUT2D eigenvalue weighted by molar-refractivity contribution is 7.10. The maximum Gasteiger partial charge on any atom is 0.322 e. The lowest BCUT2D eigenvalue weighted by molar-refractivity contribution is -0.112. The van der Waals surface area contributed by atoms with E-state index in [2.05, 4.69) is 20.6 Å². The summed E-state index contributed by atoms with van der Waals surface area (Å²) in [5.74, 6) is -0.0228. The zero-order chi connectivity index (χ0) is 15.5. The SMILES string of the molecule is Cc1cc(-c2nnc(NC(=O)C=Cc3cccs3)o2)n(C)n1. The van der Waals surface area contributed by atoms with E-state index in [4.69, 9.17) is 4.42 Å². The maximum absolute atomic E-state index is 11.8. The molecule has 0 saturated carbocycles. The predicted molar refractivity (Wildman–Crippen MR) is 83.2 cm³/mol. The molecule has 0 aromatic carbocycles. The van der Waals surface area contributed by atoms with Crippen molar-refractivity contribution < 1.29 is 9.21 Å². The quantitative estimate of drug-likeness (QED) is 0.748. The molecular formula is C14H13N5O2S. The summed E-state index contributed by atoms with van der Waals surface area (Å²) in [6.07, 6.45) is 3.14. The molecule has 1 N–H and O–H groups in total. The Balaban J connectivity index is 1.69. The molecule has 0 unspecified atom stereocenters. The zero-order valence-corrected chi connectivity index (χ0v) is 12.8. The topological polar surface area (TPSA) is 85.8 Å². The summed E-state index contributed by atoms with van der Waals surface area (Å²) in [5.41, 5.74) is 1.54. The summed E-state index contributed by atoms with van der Waals surface area (Å²) < 4.78 is 7.07. The molecule has 0 aliphatic carbocycles. The smallest absolute Gasteiger partial charge is 0.322 e. The van der Waals surface area contributed by atoms with Crippen LogP contribution in [0.3, 0.4) is 0 Å². The number of thiophene rings is 1. The molecule has 3 heterocycles. The van der Waals surface area contributed by atoms with Crippen molar-refractivity contribution in [2.75, 3.05) is 5.32 Å². The number of rotatable bonds is 4. The fraction of sp³-hybridized carbons (Fsp3) is 0.143. The van der Waals surface area contributed by atoms with Crippen molar-refractivity contribution in [2.45, 2.75) is 6.92 Å². The summed E-state index contributed by atoms with van der Waals surface area (Å²) in [6, 6.07) is 5.72. The first-order valence-corrected chi connectivity index (χ1v) is 7.37. The van der Waals surface area contributed by atoms with Crippen LogP contribution in [-0.4, -0.2) is 25.9 Å². The summed E-state index contributed by atoms with van der Waals surface area (Å²) in [5, 5.41) is 16.4. The van der Waals surface area contributed by atoms with Gasteiger partial charge in [0.15, 0.2) is 0 Å². The van der Waals surface area contributed by atoms with Crippen molar-refractivity contribution in [3.05, 3.63) is 40.2 Å². The van der Waals surface area contributed by atoms with Gasteiger partial charge in [0.05, 0.1) is 5.69 Å². The van der Waals surface area contributed by atoms with Gasteiger partial charge in [-0.2, -0.15) is 5.10 Å². The Morgan fingerprint density at radius 2 is 2.32 bits per heavy atom. The second-order valence-corrected chi connectivity index (χ2v) is 5.52. The second kappa shape index (κ2) is 5.94. The summed E-state index contributed by atoms with van der Waals surface area (Å²) in [4.78, 5) is 12.8. The fourth-order valence-corrected chi connectivity index (χ4v) is 2.50. The van der Waals surface area contributed by atoms with Crippen LogP contribution in [0.5, 0.6) is 0 Å². The van der Waals surface area contributed by atoms with E-state index in [0.717, 1.165) is 10.6 Å². The minimum atomic E-state index is -0.329. The third-order valence-electron chi connectivity index (χ3n) is 2.82. The van der Waals surface area contributed by atoms with Crippen molar-refractivity contribution in [2.24, 2.45) is 7.05 Å². The van der Waals surface area contributed by atoms with Crippen LogP contribution in [-0.2, 0) is 11.8 Å². The standard InChI is InChI=1S/C14H13N5O2S/c1-9-8-11(19(2)18-9)13-16-17-14(21-13)15-12(20)6-5-10-4-3-7-22-10/h3-8H,1-2H3,(H,15,17,20). The van der Waals surface area contributed by atoms with Crippen LogP contribution in [0.4, 0.5) is 6.01 Å². The number of nitrogens with one attached hydrogen (secondary N) is 1. The van der Waals surface area contributed by atoms with E-state index in [0.29, 0.717) is 11.6 Å². The van der Waals surface area contributed by atoms with Gasteiger partial charge in [-0.25, -0.2) is 0 Å². The second-order valence-electron chi connectivity index (χ2n) is 4.54. The third kappa shape index (κ3) is 3.12. The van der Waals surface area contributed by atoms with Crippen molar-refractivity contribution in [3.8, 4) is 11.6 Å². The van der Waals surface area contributed by atoms with Crippen LogP contribution >= 0.6 is 11.3 Å². The molecule has 8 heteroatoms. The minimum absolute atomic E-state index is 0.0506. The normalized spacial score (nSPS) is 11.2. The molecule has 3 aromatic heterocycles.